The van der Waals surface area contributed by atoms with E-state index >= 15 is 0 Å². The second-order valence-electron chi connectivity index (χ2n) is 8.88. The normalized spacial score (nSPS) is 32.7. The van der Waals surface area contributed by atoms with Gasteiger partial charge in [0.05, 0.1) is 10.00 Å². The number of anilines is 1. The first-order chi connectivity index (χ1) is 12.9. The van der Waals surface area contributed by atoms with Crippen LogP contribution in [-0.2, 0) is 15.7 Å². The van der Waals surface area contributed by atoms with Crippen LogP contribution in [0.1, 0.15) is 45.7 Å². The van der Waals surface area contributed by atoms with Crippen LogP contribution in [0.25, 0.3) is 0 Å². The molecule has 1 saturated heterocycles. The third kappa shape index (κ3) is 2.57. The quantitative estimate of drug-likeness (QED) is 0.448. The van der Waals surface area contributed by atoms with Gasteiger partial charge in [0.15, 0.2) is 0 Å². The van der Waals surface area contributed by atoms with Gasteiger partial charge in [0.2, 0.25) is 0 Å². The Labute approximate surface area is 163 Å². The second kappa shape index (κ2) is 5.73. The second-order valence-corrected chi connectivity index (χ2v) is 12.3. The lowest BCUT2D eigenvalue weighted by molar-refractivity contribution is 0.199. The summed E-state index contributed by atoms with van der Waals surface area (Å²) in [5.41, 5.74) is 4.53. The Morgan fingerprint density at radius 3 is 2.68 bits per heavy atom. The van der Waals surface area contributed by atoms with E-state index in [2.05, 4.69) is 20.0 Å². The number of pyridine rings is 1. The van der Waals surface area contributed by atoms with Crippen molar-refractivity contribution in [1.82, 2.24) is 15.0 Å². The van der Waals surface area contributed by atoms with Gasteiger partial charge < -0.3 is 10.8 Å². The molecule has 1 spiro atoms. The standard InChI is InChI=1S/C18H26FN5O3S/c1-16(2)14(23-15(25)26)24-17(3,13-10(19)4-5-12(20)22-13)11-8-18(6-7-18)9-21-28(11,16)27/h4-5,11,28H,6-9H2,1-3H3,(H2,20,22)(H,21,27)(H,23,24)(H,25,26)/t11-,17+/m1/s1. The molecule has 2 atom stereocenters. The number of aliphatic imine (C=N–C) groups is 1. The minimum Gasteiger partial charge on any atom is -0.465 e. The topological polar surface area (TPSA) is 130 Å². The lowest BCUT2D eigenvalue weighted by atomic mass is 9.84. The number of amides is 1. The summed E-state index contributed by atoms with van der Waals surface area (Å²) in [5, 5.41) is 11.1. The van der Waals surface area contributed by atoms with Crippen molar-refractivity contribution in [1.29, 1.82) is 0 Å². The molecule has 0 aromatic carbocycles. The number of amidine groups is 1. The number of hydrogen-bond donors (Lipinski definition) is 5. The van der Waals surface area contributed by atoms with Crippen LogP contribution >= 0.6 is 0 Å². The van der Waals surface area contributed by atoms with Crippen LogP contribution in [0.2, 0.25) is 0 Å². The highest BCUT2D eigenvalue weighted by Crippen LogP contribution is 2.59. The van der Waals surface area contributed by atoms with Crippen molar-refractivity contribution < 1.29 is 18.5 Å². The lowest BCUT2D eigenvalue weighted by Crippen LogP contribution is -2.71. The number of rotatable bonds is 1. The zero-order valence-corrected chi connectivity index (χ0v) is 17.0. The Bertz CT molecular complexity index is 945. The number of halogens is 1. The van der Waals surface area contributed by atoms with Crippen LogP contribution in [0, 0.1) is 11.2 Å². The van der Waals surface area contributed by atoms with E-state index in [1.54, 1.807) is 20.8 Å². The molecule has 0 unspecified atom stereocenters. The highest BCUT2D eigenvalue weighted by Gasteiger charge is 2.63. The third-order valence-electron chi connectivity index (χ3n) is 6.69. The molecule has 3 heterocycles. The van der Waals surface area contributed by atoms with Crippen molar-refractivity contribution in [2.45, 2.75) is 55.6 Å². The smallest absolute Gasteiger partial charge is 0.410 e. The minimum atomic E-state index is -3.25. The van der Waals surface area contributed by atoms with Gasteiger partial charge in [-0.1, -0.05) is 0 Å². The van der Waals surface area contributed by atoms with Crippen LogP contribution in [0.15, 0.2) is 17.1 Å². The maximum atomic E-state index is 14.8. The maximum Gasteiger partial charge on any atom is 0.410 e. The van der Waals surface area contributed by atoms with Crippen molar-refractivity contribution in [3.8, 4) is 0 Å². The first-order valence-corrected chi connectivity index (χ1v) is 11.1. The van der Waals surface area contributed by atoms with Crippen LogP contribution in [0.5, 0.6) is 0 Å². The third-order valence-corrected chi connectivity index (χ3v) is 10.8. The number of thiol groups is 1. The summed E-state index contributed by atoms with van der Waals surface area (Å²) in [4.78, 5) is 20.2. The summed E-state index contributed by atoms with van der Waals surface area (Å²) < 4.78 is 31.4. The Balaban J connectivity index is 1.97. The highest BCUT2D eigenvalue weighted by atomic mass is 32.3. The van der Waals surface area contributed by atoms with E-state index in [1.165, 1.54) is 12.1 Å². The fourth-order valence-corrected chi connectivity index (χ4v) is 8.53. The summed E-state index contributed by atoms with van der Waals surface area (Å²) in [6, 6.07) is 2.58. The largest absolute Gasteiger partial charge is 0.465 e. The van der Waals surface area contributed by atoms with E-state index in [9.17, 15) is 18.5 Å². The summed E-state index contributed by atoms with van der Waals surface area (Å²) in [6.07, 6.45) is 1.35. The molecule has 1 aliphatic carbocycles. The van der Waals surface area contributed by atoms with Gasteiger partial charge in [-0.3, -0.25) is 19.2 Å². The summed E-state index contributed by atoms with van der Waals surface area (Å²) >= 11 is 0. The van der Waals surface area contributed by atoms with Crippen molar-refractivity contribution in [2.24, 2.45) is 10.4 Å². The first kappa shape index (κ1) is 19.3. The summed E-state index contributed by atoms with van der Waals surface area (Å²) in [5.74, 6) is -0.424. The predicted octanol–water partition coefficient (Wildman–Crippen LogP) is 1.55. The van der Waals surface area contributed by atoms with Gasteiger partial charge in [-0.25, -0.2) is 14.2 Å². The molecule has 1 saturated carbocycles. The first-order valence-electron chi connectivity index (χ1n) is 9.31. The molecular weight excluding hydrogens is 385 g/mol. The van der Waals surface area contributed by atoms with Gasteiger partial charge in [-0.15, -0.1) is 0 Å². The van der Waals surface area contributed by atoms with Gasteiger partial charge >= 0.3 is 6.09 Å². The molecule has 8 nitrogen and oxygen atoms in total. The fraction of sp³-hybridized carbons (Fsp3) is 0.611. The van der Waals surface area contributed by atoms with E-state index in [0.29, 0.717) is 13.0 Å². The summed E-state index contributed by atoms with van der Waals surface area (Å²) in [6.45, 7) is 5.72. The molecular formula is C18H26FN5O3S. The van der Waals surface area contributed by atoms with E-state index in [-0.39, 0.29) is 22.8 Å². The molecule has 2 fully saturated rings. The van der Waals surface area contributed by atoms with Crippen LogP contribution in [-0.4, -0.2) is 42.8 Å². The van der Waals surface area contributed by atoms with Gasteiger partial charge in [-0.05, 0) is 67.7 Å². The summed E-state index contributed by atoms with van der Waals surface area (Å²) in [7, 11) is -3.25. The molecule has 10 heteroatoms. The molecule has 2 aliphatic heterocycles. The molecule has 1 aromatic rings. The number of fused-ring (bicyclic) bond motifs is 1. The lowest BCUT2D eigenvalue weighted by Gasteiger charge is -2.57. The molecule has 0 bridgehead atoms. The molecule has 5 N–H and O–H groups in total. The number of aromatic nitrogens is 1. The fourth-order valence-electron chi connectivity index (χ4n) is 4.61. The van der Waals surface area contributed by atoms with Gasteiger partial charge in [0.25, 0.3) is 0 Å². The van der Waals surface area contributed by atoms with Crippen LogP contribution < -0.4 is 15.8 Å². The van der Waals surface area contributed by atoms with Crippen molar-refractivity contribution in [3.63, 3.8) is 0 Å². The molecule has 3 aliphatic rings. The van der Waals surface area contributed by atoms with Crippen LogP contribution in [0.3, 0.4) is 0 Å². The zero-order valence-electron chi connectivity index (χ0n) is 16.1. The Hall–Kier alpha value is -2.07. The Kier molecular flexibility index (Phi) is 3.94. The molecule has 1 amide bonds. The van der Waals surface area contributed by atoms with E-state index in [4.69, 9.17) is 5.73 Å². The van der Waals surface area contributed by atoms with Gasteiger partial charge in [-0.2, -0.15) is 0 Å². The number of hydrogen-bond acceptors (Lipinski definition) is 5. The van der Waals surface area contributed by atoms with E-state index in [1.807, 2.05) is 0 Å². The molecule has 154 valence electrons. The monoisotopic (exact) mass is 411 g/mol. The van der Waals surface area contributed by atoms with Crippen LogP contribution in [0.4, 0.5) is 15.0 Å². The minimum absolute atomic E-state index is 0.00239. The number of nitrogen functional groups attached to an aromatic ring is 1. The number of carboxylic acid groups (broad SMARTS) is 1. The Morgan fingerprint density at radius 1 is 1.39 bits per heavy atom. The SMILES string of the molecule is CC1(C)C(NC(=O)O)=N[C@](C)(c2nc(N)ccc2F)[C@H]2CC3(CC3)CN[SH]21=O. The Morgan fingerprint density at radius 2 is 2.07 bits per heavy atom. The van der Waals surface area contributed by atoms with Gasteiger partial charge in [0, 0.05) is 6.54 Å². The zero-order chi connectivity index (χ0) is 20.5. The number of carbonyl (C=O) groups is 1. The number of nitrogens with two attached hydrogens (primary N) is 1. The molecule has 0 radical (unpaired) electrons. The molecule has 4 rings (SSSR count). The van der Waals surface area contributed by atoms with Gasteiger partial charge in [0.1, 0.15) is 28.7 Å². The van der Waals surface area contributed by atoms with E-state index in [0.717, 1.165) is 12.8 Å². The number of nitrogens with one attached hydrogen (secondary N) is 2. The molecule has 28 heavy (non-hydrogen) atoms. The average molecular weight is 412 g/mol. The molecule has 1 aromatic heterocycles. The average Bonchev–Trinajstić information content (AvgIpc) is 3.36. The van der Waals surface area contributed by atoms with E-state index < -0.39 is 37.6 Å². The van der Waals surface area contributed by atoms with Crippen molar-refractivity contribution in [3.05, 3.63) is 23.6 Å². The van der Waals surface area contributed by atoms with Crippen molar-refractivity contribution >= 4 is 27.9 Å². The maximum absolute atomic E-state index is 14.8. The highest BCUT2D eigenvalue weighted by molar-refractivity contribution is 8.04. The predicted molar refractivity (Wildman–Crippen MR) is 106 cm³/mol. The number of nitrogens with zero attached hydrogens (tertiary/aromatic N) is 2. The van der Waals surface area contributed by atoms with Crippen molar-refractivity contribution in [2.75, 3.05) is 12.3 Å².